The average molecular weight is 917 g/mol. The Morgan fingerprint density at radius 1 is 0.938 bits per heavy atom. The van der Waals surface area contributed by atoms with Gasteiger partial charge < -0.3 is 35.4 Å². The van der Waals surface area contributed by atoms with Crippen LogP contribution in [0.2, 0.25) is 0 Å². The van der Waals surface area contributed by atoms with E-state index in [1.807, 2.05) is 31.2 Å². The number of ether oxygens (including phenoxy) is 2. The number of β-amino-alcohol motifs (C(OH)–C–C–N with tert-alkyl or cyclic N) is 1. The van der Waals surface area contributed by atoms with E-state index in [0.717, 1.165) is 39.2 Å². The summed E-state index contributed by atoms with van der Waals surface area (Å²) in [5.41, 5.74) is 5.21. The molecule has 1 fully saturated rings. The van der Waals surface area contributed by atoms with Gasteiger partial charge in [0.05, 0.1) is 53.1 Å². The number of halogens is 3. The van der Waals surface area contributed by atoms with Crippen molar-refractivity contribution in [1.29, 1.82) is 0 Å². The van der Waals surface area contributed by atoms with Gasteiger partial charge in [0, 0.05) is 61.3 Å². The molecule has 3 aromatic carbocycles. The van der Waals surface area contributed by atoms with Gasteiger partial charge in [-0.2, -0.15) is 18.3 Å². The fourth-order valence-electron chi connectivity index (χ4n) is 7.80. The van der Waals surface area contributed by atoms with Crippen molar-refractivity contribution in [3.8, 4) is 16.1 Å². The van der Waals surface area contributed by atoms with Crippen LogP contribution in [-0.4, -0.2) is 111 Å². The zero-order chi connectivity index (χ0) is 46.6. The number of carbonyl (C=O) groups excluding carboxylic acids is 4. The number of amides is 4. The van der Waals surface area contributed by atoms with Gasteiger partial charge in [-0.15, -0.1) is 11.3 Å². The summed E-state index contributed by atoms with van der Waals surface area (Å²) in [5.74, 6) is -1.79. The number of aliphatic hydroxyl groups excluding tert-OH is 1. The summed E-state index contributed by atoms with van der Waals surface area (Å²) < 4.78 is 54.1. The molecule has 0 bridgehead atoms. The fraction of sp³-hybridized carbons (Fsp3) is 0.391. The molecular formula is C46H51F3N8O7S. The maximum absolute atomic E-state index is 13.9. The lowest BCUT2D eigenvalue weighted by molar-refractivity contribution is -0.144. The van der Waals surface area contributed by atoms with E-state index in [9.17, 15) is 37.5 Å². The number of aryl methyl sites for hydroxylation is 2. The van der Waals surface area contributed by atoms with Crippen molar-refractivity contribution in [2.45, 2.75) is 65.0 Å². The molecule has 4 amide bonds. The minimum Gasteiger partial charge on any atom is -0.391 e. The Hall–Kier alpha value is -6.15. The average Bonchev–Trinajstić information content (AvgIpc) is 4.04. The number of likely N-dealkylation sites (tertiary alicyclic amines) is 1. The first-order valence-corrected chi connectivity index (χ1v) is 21.9. The SMILES string of the molecule is Cc1ncsc1-c1ccc(CNC(=O)[C@@H]2C[C@@H](O)CN2C(=O)[C@@H](NC(=O)COCCOCCNC(=O)c2ccc3c(c2)c2cn(C)nc2n3-c2ccc(C(F)(F)F)cc2)C(C)(C)C)cc1. The number of aliphatic hydroxyl groups is 1. The number of thiazole rings is 1. The quantitative estimate of drug-likeness (QED) is 0.0907. The molecule has 65 heavy (non-hydrogen) atoms. The highest BCUT2D eigenvalue weighted by molar-refractivity contribution is 7.13. The molecule has 15 nitrogen and oxygen atoms in total. The van der Waals surface area contributed by atoms with Crippen LogP contribution in [0.4, 0.5) is 13.2 Å². The van der Waals surface area contributed by atoms with E-state index in [2.05, 4.69) is 26.0 Å². The molecule has 3 aromatic heterocycles. The maximum atomic E-state index is 13.9. The highest BCUT2D eigenvalue weighted by Crippen LogP contribution is 2.35. The molecule has 0 aliphatic carbocycles. The number of alkyl halides is 3. The van der Waals surface area contributed by atoms with Crippen molar-refractivity contribution in [3.63, 3.8) is 0 Å². The smallest absolute Gasteiger partial charge is 0.391 e. The fourth-order valence-corrected chi connectivity index (χ4v) is 8.61. The molecule has 1 saturated heterocycles. The lowest BCUT2D eigenvalue weighted by Crippen LogP contribution is -2.58. The molecule has 1 aliphatic rings. The summed E-state index contributed by atoms with van der Waals surface area (Å²) in [6.45, 7) is 7.65. The maximum Gasteiger partial charge on any atom is 0.416 e. The highest BCUT2D eigenvalue weighted by Gasteiger charge is 2.44. The van der Waals surface area contributed by atoms with Gasteiger partial charge in [-0.25, -0.2) is 4.98 Å². The van der Waals surface area contributed by atoms with Crippen LogP contribution in [-0.2, 0) is 43.6 Å². The van der Waals surface area contributed by atoms with E-state index >= 15 is 0 Å². The highest BCUT2D eigenvalue weighted by atomic mass is 32.1. The molecule has 1 aliphatic heterocycles. The molecule has 0 spiro atoms. The van der Waals surface area contributed by atoms with E-state index < -0.39 is 53.1 Å². The third-order valence-electron chi connectivity index (χ3n) is 11.1. The molecule has 0 saturated carbocycles. The van der Waals surface area contributed by atoms with E-state index in [0.29, 0.717) is 27.8 Å². The molecule has 3 atom stereocenters. The van der Waals surface area contributed by atoms with Gasteiger partial charge in [0.1, 0.15) is 18.7 Å². The van der Waals surface area contributed by atoms with Gasteiger partial charge in [0.25, 0.3) is 5.91 Å². The Balaban J connectivity index is 0.847. The monoisotopic (exact) mass is 916 g/mol. The van der Waals surface area contributed by atoms with Crippen molar-refractivity contribution in [2.24, 2.45) is 12.5 Å². The number of nitrogens with one attached hydrogen (secondary N) is 3. The zero-order valence-corrected chi connectivity index (χ0v) is 37.4. The van der Waals surface area contributed by atoms with Gasteiger partial charge in [-0.3, -0.25) is 28.4 Å². The number of nitrogens with zero attached hydrogens (tertiary/aromatic N) is 5. The summed E-state index contributed by atoms with van der Waals surface area (Å²) in [5, 5.41) is 25.0. The number of fused-ring (bicyclic) bond motifs is 3. The molecule has 7 rings (SSSR count). The number of rotatable bonds is 16. The Morgan fingerprint density at radius 2 is 1.66 bits per heavy atom. The van der Waals surface area contributed by atoms with Gasteiger partial charge in [-0.05, 0) is 65.9 Å². The van der Waals surface area contributed by atoms with Gasteiger partial charge in [0.15, 0.2) is 5.65 Å². The lowest BCUT2D eigenvalue weighted by atomic mass is 9.85. The summed E-state index contributed by atoms with van der Waals surface area (Å²) >= 11 is 1.56. The van der Waals surface area contributed by atoms with Gasteiger partial charge in [0.2, 0.25) is 17.7 Å². The normalized spacial score (nSPS) is 16.0. The van der Waals surface area contributed by atoms with Crippen LogP contribution in [0.15, 0.2) is 78.4 Å². The Bertz CT molecular complexity index is 2670. The molecule has 19 heteroatoms. The molecule has 4 heterocycles. The van der Waals surface area contributed by atoms with Crippen LogP contribution in [0.25, 0.3) is 38.1 Å². The third kappa shape index (κ3) is 10.9. The van der Waals surface area contributed by atoms with Crippen LogP contribution in [0.5, 0.6) is 0 Å². The first-order chi connectivity index (χ1) is 30.9. The van der Waals surface area contributed by atoms with Crippen LogP contribution in [0, 0.1) is 12.3 Å². The number of aromatic nitrogens is 4. The standard InChI is InChI=1S/C46H51F3N8O7S/c1-27-39(65-26-52-27)29-8-6-28(7-9-29)22-51-43(61)37-21-33(58)23-56(37)44(62)40(45(2,3)4)53-38(59)25-64-19-18-63-17-16-50-42(60)30-10-15-36-34(20-30)35-24-55(5)54-41(35)57(36)32-13-11-31(12-14-32)46(47,48)49/h6-15,20,24,26,33,37,40,58H,16-19,21-23,25H2,1-5H3,(H,50,60)(H,51,61)(H,53,59)/t33-,37+,40-/m1/s1. The molecule has 6 aromatic rings. The van der Waals surface area contributed by atoms with Crippen LogP contribution >= 0.6 is 11.3 Å². The van der Waals surface area contributed by atoms with Gasteiger partial charge in [-0.1, -0.05) is 45.0 Å². The number of carbonyl (C=O) groups is 4. The Morgan fingerprint density at radius 3 is 2.34 bits per heavy atom. The summed E-state index contributed by atoms with van der Waals surface area (Å²) in [4.78, 5) is 60.2. The second-order valence-electron chi connectivity index (χ2n) is 17.0. The summed E-state index contributed by atoms with van der Waals surface area (Å²) in [7, 11) is 1.74. The molecule has 0 unspecified atom stereocenters. The van der Waals surface area contributed by atoms with Gasteiger partial charge >= 0.3 is 6.18 Å². The third-order valence-corrected chi connectivity index (χ3v) is 12.1. The first kappa shape index (κ1) is 46.8. The van der Waals surface area contributed by atoms with Crippen molar-refractivity contribution in [1.82, 2.24) is 40.2 Å². The Kier molecular flexibility index (Phi) is 14.1. The van der Waals surface area contributed by atoms with Crippen molar-refractivity contribution in [3.05, 3.63) is 101 Å². The Labute approximate surface area is 376 Å². The number of hydrogen-bond donors (Lipinski definition) is 4. The predicted molar refractivity (Wildman–Crippen MR) is 238 cm³/mol. The largest absolute Gasteiger partial charge is 0.416 e. The van der Waals surface area contributed by atoms with E-state index in [1.165, 1.54) is 17.0 Å². The van der Waals surface area contributed by atoms with E-state index in [1.54, 1.807) is 78.3 Å². The number of hydrogen-bond acceptors (Lipinski definition) is 10. The van der Waals surface area contributed by atoms with Crippen LogP contribution in [0.3, 0.4) is 0 Å². The van der Waals surface area contributed by atoms with E-state index in [-0.39, 0.29) is 58.4 Å². The van der Waals surface area contributed by atoms with Crippen LogP contribution < -0.4 is 16.0 Å². The lowest BCUT2D eigenvalue weighted by Gasteiger charge is -2.35. The topological polar surface area (TPSA) is 182 Å². The second-order valence-corrected chi connectivity index (χ2v) is 17.9. The predicted octanol–water partition coefficient (Wildman–Crippen LogP) is 5.54. The first-order valence-electron chi connectivity index (χ1n) is 21.0. The minimum absolute atomic E-state index is 0.0521. The zero-order valence-electron chi connectivity index (χ0n) is 36.6. The second kappa shape index (κ2) is 19.5. The van der Waals surface area contributed by atoms with Crippen molar-refractivity contribution < 1.29 is 46.9 Å². The molecule has 4 N–H and O–H groups in total. The molecule has 0 radical (unpaired) electrons. The van der Waals surface area contributed by atoms with Crippen LogP contribution in [0.1, 0.15) is 54.4 Å². The summed E-state index contributed by atoms with van der Waals surface area (Å²) in [6, 6.07) is 15.7. The minimum atomic E-state index is -4.47. The van der Waals surface area contributed by atoms with E-state index in [4.69, 9.17) is 9.47 Å². The van der Waals surface area contributed by atoms with Crippen molar-refractivity contribution >= 4 is 56.9 Å². The number of benzene rings is 3. The summed E-state index contributed by atoms with van der Waals surface area (Å²) in [6.07, 6.45) is -3.52. The van der Waals surface area contributed by atoms with Crippen molar-refractivity contribution in [2.75, 3.05) is 39.5 Å². The molecule has 344 valence electrons. The molecular weight excluding hydrogens is 866 g/mol.